The summed E-state index contributed by atoms with van der Waals surface area (Å²) in [5.74, 6) is 0.599. The first-order valence-corrected chi connectivity index (χ1v) is 6.05. The maximum absolute atomic E-state index is 9.86. The largest absolute Gasteiger partial charge is 0.504 e. The topological polar surface area (TPSA) is 53.5 Å². The van der Waals surface area contributed by atoms with Crippen LogP contribution in [0.2, 0.25) is 0 Å². The van der Waals surface area contributed by atoms with Gasteiger partial charge < -0.3 is 15.2 Å². The van der Waals surface area contributed by atoms with E-state index in [2.05, 4.69) is 17.2 Å². The predicted molar refractivity (Wildman–Crippen MR) is 76.9 cm³/mol. The van der Waals surface area contributed by atoms with Crippen LogP contribution in [0.5, 0.6) is 11.5 Å². The number of hydrogen-bond donors (Lipinski definition) is 3. The number of nitrogens with one attached hydrogen (secondary N) is 2. The van der Waals surface area contributed by atoms with Gasteiger partial charge in [-0.15, -0.1) is 0 Å². The molecule has 100 valence electrons. The molecule has 1 aromatic rings. The zero-order chi connectivity index (χ0) is 13.8. The maximum Gasteiger partial charge on any atom is 0.160 e. The van der Waals surface area contributed by atoms with E-state index in [4.69, 9.17) is 4.74 Å². The summed E-state index contributed by atoms with van der Waals surface area (Å²) in [6.45, 7) is 3.74. The number of methoxy groups -OCH3 is 1. The van der Waals surface area contributed by atoms with Gasteiger partial charge in [0.2, 0.25) is 0 Å². The average molecular weight is 258 g/mol. The molecule has 1 unspecified atom stereocenters. The fraction of sp³-hybridized carbons (Fsp3) is 0.200. The molecule has 3 N–H and O–H groups in total. The van der Waals surface area contributed by atoms with E-state index in [1.165, 1.54) is 7.11 Å². The lowest BCUT2D eigenvalue weighted by atomic mass is 9.98. The molecule has 1 aliphatic heterocycles. The summed E-state index contributed by atoms with van der Waals surface area (Å²) >= 11 is 0. The van der Waals surface area contributed by atoms with Crippen molar-refractivity contribution in [2.45, 2.75) is 6.17 Å². The van der Waals surface area contributed by atoms with Crippen molar-refractivity contribution >= 4 is 5.57 Å². The highest BCUT2D eigenvalue weighted by Gasteiger charge is 2.22. The zero-order valence-corrected chi connectivity index (χ0v) is 11.1. The van der Waals surface area contributed by atoms with Crippen molar-refractivity contribution in [1.82, 2.24) is 10.6 Å². The van der Waals surface area contributed by atoms with Gasteiger partial charge in [0.1, 0.15) is 6.17 Å². The molecule has 4 heteroatoms. The van der Waals surface area contributed by atoms with Gasteiger partial charge in [-0.2, -0.15) is 0 Å². The Kier molecular flexibility index (Phi) is 3.92. The number of likely N-dealkylation sites (N-methyl/N-ethyl adjacent to an activating group) is 1. The van der Waals surface area contributed by atoms with Crippen LogP contribution < -0.4 is 15.4 Å². The molecule has 0 aliphatic carbocycles. The Morgan fingerprint density at radius 1 is 1.47 bits per heavy atom. The van der Waals surface area contributed by atoms with Crippen LogP contribution >= 0.6 is 0 Å². The first kappa shape index (κ1) is 13.2. The smallest absolute Gasteiger partial charge is 0.160 e. The van der Waals surface area contributed by atoms with Gasteiger partial charge in [-0.05, 0) is 30.3 Å². The molecule has 1 heterocycles. The third-order valence-electron chi connectivity index (χ3n) is 3.09. The molecule has 0 saturated heterocycles. The third-order valence-corrected chi connectivity index (χ3v) is 3.09. The Hall–Kier alpha value is -2.20. The minimum atomic E-state index is 0.0530. The van der Waals surface area contributed by atoms with Gasteiger partial charge in [-0.25, -0.2) is 0 Å². The summed E-state index contributed by atoms with van der Waals surface area (Å²) in [6.07, 6.45) is 5.69. The van der Waals surface area contributed by atoms with E-state index >= 15 is 0 Å². The van der Waals surface area contributed by atoms with E-state index in [0.29, 0.717) is 5.75 Å². The summed E-state index contributed by atoms with van der Waals surface area (Å²) in [4.78, 5) is 0. The Labute approximate surface area is 113 Å². The number of rotatable bonds is 4. The molecule has 0 radical (unpaired) electrons. The molecule has 19 heavy (non-hydrogen) atoms. The lowest BCUT2D eigenvalue weighted by molar-refractivity contribution is 0.373. The number of phenols is 1. The van der Waals surface area contributed by atoms with Gasteiger partial charge in [-0.3, -0.25) is 5.32 Å². The van der Waals surface area contributed by atoms with E-state index in [1.807, 2.05) is 25.4 Å². The molecule has 0 amide bonds. The number of ether oxygens (including phenoxy) is 1. The minimum Gasteiger partial charge on any atom is -0.504 e. The standard InChI is InChI=1S/C15H18N2O2/c1-4-5-11-12(9-17-15(11)16-2)10-6-7-14(19-3)13(18)8-10/h4-9,15-18H,1H2,2-3H3/b11-5-. The van der Waals surface area contributed by atoms with E-state index in [0.717, 1.165) is 16.7 Å². The first-order chi connectivity index (χ1) is 9.21. The Bertz CT molecular complexity index is 547. The highest BCUT2D eigenvalue weighted by Crippen LogP contribution is 2.34. The van der Waals surface area contributed by atoms with Crippen LogP contribution in [0.1, 0.15) is 5.56 Å². The van der Waals surface area contributed by atoms with Gasteiger partial charge in [0.25, 0.3) is 0 Å². The normalized spacial score (nSPS) is 20.0. The van der Waals surface area contributed by atoms with E-state index in [1.54, 1.807) is 18.2 Å². The van der Waals surface area contributed by atoms with Crippen LogP contribution in [0.4, 0.5) is 0 Å². The molecule has 0 aromatic heterocycles. The van der Waals surface area contributed by atoms with Crippen LogP contribution in [-0.4, -0.2) is 25.4 Å². The monoisotopic (exact) mass is 258 g/mol. The molecule has 4 nitrogen and oxygen atoms in total. The number of hydrogen-bond acceptors (Lipinski definition) is 4. The summed E-state index contributed by atoms with van der Waals surface area (Å²) in [5, 5.41) is 16.3. The van der Waals surface area contributed by atoms with Crippen molar-refractivity contribution in [3.8, 4) is 11.5 Å². The third kappa shape index (κ3) is 2.48. The molecule has 1 atom stereocenters. The van der Waals surface area contributed by atoms with Gasteiger partial charge in [0.15, 0.2) is 11.5 Å². The Morgan fingerprint density at radius 3 is 2.84 bits per heavy atom. The second kappa shape index (κ2) is 5.63. The molecule has 0 saturated carbocycles. The predicted octanol–water partition coefficient (Wildman–Crippen LogP) is 2.00. The van der Waals surface area contributed by atoms with Crippen molar-refractivity contribution in [2.75, 3.05) is 14.2 Å². The molecular weight excluding hydrogens is 240 g/mol. The SMILES string of the molecule is C=C/C=C1/C(c2ccc(OC)c(O)c2)=CNC1NC. The van der Waals surface area contributed by atoms with Gasteiger partial charge >= 0.3 is 0 Å². The number of aromatic hydroxyl groups is 1. The first-order valence-electron chi connectivity index (χ1n) is 6.05. The zero-order valence-electron chi connectivity index (χ0n) is 11.1. The van der Waals surface area contributed by atoms with Crippen LogP contribution in [-0.2, 0) is 0 Å². The molecule has 1 aliphatic rings. The Morgan fingerprint density at radius 2 is 2.26 bits per heavy atom. The Balaban J connectivity index is 2.39. The molecule has 0 bridgehead atoms. The van der Waals surface area contributed by atoms with Gasteiger partial charge in [-0.1, -0.05) is 24.8 Å². The fourth-order valence-electron chi connectivity index (χ4n) is 2.15. The van der Waals surface area contributed by atoms with Crippen molar-refractivity contribution in [3.63, 3.8) is 0 Å². The highest BCUT2D eigenvalue weighted by molar-refractivity contribution is 5.83. The lowest BCUT2D eigenvalue weighted by Crippen LogP contribution is -2.34. The maximum atomic E-state index is 9.86. The van der Waals surface area contributed by atoms with Crippen molar-refractivity contribution in [3.05, 3.63) is 54.3 Å². The van der Waals surface area contributed by atoms with Gasteiger partial charge in [0.05, 0.1) is 7.11 Å². The summed E-state index contributed by atoms with van der Waals surface area (Å²) in [6, 6.07) is 5.37. The van der Waals surface area contributed by atoms with E-state index in [9.17, 15) is 5.11 Å². The van der Waals surface area contributed by atoms with E-state index < -0.39 is 0 Å². The molecular formula is C15H18N2O2. The second-order valence-corrected chi connectivity index (χ2v) is 4.19. The van der Waals surface area contributed by atoms with E-state index in [-0.39, 0.29) is 11.9 Å². The van der Waals surface area contributed by atoms with Gasteiger partial charge in [0, 0.05) is 11.8 Å². The molecule has 1 aromatic carbocycles. The second-order valence-electron chi connectivity index (χ2n) is 4.19. The number of phenolic OH excluding ortho intramolecular Hbond substituents is 1. The summed E-state index contributed by atoms with van der Waals surface area (Å²) in [5.41, 5.74) is 3.04. The highest BCUT2D eigenvalue weighted by atomic mass is 16.5. The number of benzene rings is 1. The van der Waals surface area contributed by atoms with Crippen LogP contribution in [0, 0.1) is 0 Å². The van der Waals surface area contributed by atoms with Crippen LogP contribution in [0.25, 0.3) is 5.57 Å². The van der Waals surface area contributed by atoms with Crippen molar-refractivity contribution in [1.29, 1.82) is 0 Å². The summed E-state index contributed by atoms with van der Waals surface area (Å²) < 4.78 is 5.05. The minimum absolute atomic E-state index is 0.0530. The van der Waals surface area contributed by atoms with Crippen LogP contribution in [0.3, 0.4) is 0 Å². The molecule has 0 spiro atoms. The van der Waals surface area contributed by atoms with Crippen molar-refractivity contribution in [2.24, 2.45) is 0 Å². The fourth-order valence-corrected chi connectivity index (χ4v) is 2.15. The average Bonchev–Trinajstić information content (AvgIpc) is 2.82. The van der Waals surface area contributed by atoms with Crippen LogP contribution in [0.15, 0.2) is 48.7 Å². The quantitative estimate of drug-likeness (QED) is 0.773. The molecule has 2 rings (SSSR count). The summed E-state index contributed by atoms with van der Waals surface area (Å²) in [7, 11) is 3.42. The molecule has 0 fully saturated rings. The van der Waals surface area contributed by atoms with Crippen molar-refractivity contribution < 1.29 is 9.84 Å². The lowest BCUT2D eigenvalue weighted by Gasteiger charge is -2.14. The number of allylic oxidation sites excluding steroid dienone is 2.